The van der Waals surface area contributed by atoms with Crippen molar-refractivity contribution in [2.45, 2.75) is 0 Å². The maximum absolute atomic E-state index is 12.3. The molecule has 0 radical (unpaired) electrons. The van der Waals surface area contributed by atoms with Crippen molar-refractivity contribution >= 4 is 23.5 Å². The monoisotopic (exact) mass is 279 g/mol. The zero-order chi connectivity index (χ0) is 14.7. The molecule has 2 aromatic carbocycles. The minimum atomic E-state index is -0.318. The van der Waals surface area contributed by atoms with Gasteiger partial charge in [0.1, 0.15) is 0 Å². The highest BCUT2D eigenvalue weighted by molar-refractivity contribution is 5.96. The van der Waals surface area contributed by atoms with Gasteiger partial charge in [0.05, 0.1) is 0 Å². The van der Waals surface area contributed by atoms with E-state index in [1.807, 2.05) is 36.4 Å². The molecule has 1 heterocycles. The van der Waals surface area contributed by atoms with E-state index in [2.05, 4.69) is 15.4 Å². The third-order valence-electron chi connectivity index (χ3n) is 2.88. The van der Waals surface area contributed by atoms with E-state index in [1.165, 1.54) is 0 Å². The maximum Gasteiger partial charge on any atom is 0.281 e. The molecule has 0 fully saturated rings. The molecule has 0 atom stereocenters. The minimum absolute atomic E-state index is 0.0438. The van der Waals surface area contributed by atoms with E-state index in [9.17, 15) is 4.79 Å². The number of carbonyl (C=O) groups excluding carboxylic acids is 1. The van der Waals surface area contributed by atoms with Gasteiger partial charge in [0.25, 0.3) is 5.91 Å². The van der Waals surface area contributed by atoms with Crippen molar-refractivity contribution in [2.75, 3.05) is 11.1 Å². The second kappa shape index (κ2) is 5.46. The lowest BCUT2D eigenvalue weighted by Gasteiger charge is -2.01. The number of para-hydroxylation sites is 1. The van der Waals surface area contributed by atoms with E-state index >= 15 is 0 Å². The van der Waals surface area contributed by atoms with E-state index in [1.54, 1.807) is 24.3 Å². The molecule has 1 aromatic heterocycles. The number of anilines is 3. The molecule has 3 N–H and O–H groups in total. The van der Waals surface area contributed by atoms with Crippen molar-refractivity contribution < 1.29 is 4.79 Å². The Labute approximate surface area is 121 Å². The van der Waals surface area contributed by atoms with Gasteiger partial charge in [-0.1, -0.05) is 36.4 Å². The first kappa shape index (κ1) is 12.9. The maximum atomic E-state index is 12.3. The van der Waals surface area contributed by atoms with E-state index in [4.69, 9.17) is 5.73 Å². The Morgan fingerprint density at radius 1 is 1.00 bits per heavy atom. The lowest BCUT2D eigenvalue weighted by atomic mass is 10.2. The third kappa shape index (κ3) is 2.74. The van der Waals surface area contributed by atoms with Crippen LogP contribution in [0.15, 0.2) is 60.7 Å². The topological polar surface area (TPSA) is 85.8 Å². The van der Waals surface area contributed by atoms with Crippen molar-refractivity contribution in [3.8, 4) is 0 Å². The Morgan fingerprint density at radius 3 is 2.29 bits per heavy atom. The number of nitrogens with zero attached hydrogens (tertiary/aromatic N) is 3. The zero-order valence-corrected chi connectivity index (χ0v) is 11.1. The van der Waals surface area contributed by atoms with Gasteiger partial charge in [0, 0.05) is 11.3 Å². The summed E-state index contributed by atoms with van der Waals surface area (Å²) < 4.78 is 1.08. The molecule has 0 unspecified atom stereocenters. The summed E-state index contributed by atoms with van der Waals surface area (Å²) in [6.07, 6.45) is 0. The molecule has 0 saturated heterocycles. The molecule has 0 spiro atoms. The molecule has 104 valence electrons. The number of hydrogen-bond donors (Lipinski definition) is 2. The molecule has 21 heavy (non-hydrogen) atoms. The number of nitrogens with one attached hydrogen (secondary N) is 1. The second-order valence-corrected chi connectivity index (χ2v) is 4.37. The first-order valence-electron chi connectivity index (χ1n) is 6.38. The van der Waals surface area contributed by atoms with Crippen molar-refractivity contribution in [3.05, 3.63) is 66.2 Å². The summed E-state index contributed by atoms with van der Waals surface area (Å²) in [5.74, 6) is 0.00646. The second-order valence-electron chi connectivity index (χ2n) is 4.37. The van der Waals surface area contributed by atoms with Crippen LogP contribution in [0.2, 0.25) is 0 Å². The van der Waals surface area contributed by atoms with Crippen LogP contribution in [0.25, 0.3) is 0 Å². The van der Waals surface area contributed by atoms with E-state index in [0.29, 0.717) is 5.56 Å². The fourth-order valence-corrected chi connectivity index (χ4v) is 1.88. The lowest BCUT2D eigenvalue weighted by Crippen LogP contribution is -2.16. The third-order valence-corrected chi connectivity index (χ3v) is 2.88. The average molecular weight is 279 g/mol. The van der Waals surface area contributed by atoms with Gasteiger partial charge in [-0.2, -0.15) is 9.67 Å². The van der Waals surface area contributed by atoms with E-state index < -0.39 is 0 Å². The van der Waals surface area contributed by atoms with Crippen LogP contribution in [0.4, 0.5) is 17.6 Å². The zero-order valence-electron chi connectivity index (χ0n) is 11.1. The van der Waals surface area contributed by atoms with Gasteiger partial charge in [0.15, 0.2) is 0 Å². The summed E-state index contributed by atoms with van der Waals surface area (Å²) in [4.78, 5) is 16.3. The molecule has 0 aliphatic carbocycles. The van der Waals surface area contributed by atoms with Gasteiger partial charge in [-0.25, -0.2) is 0 Å². The Kier molecular flexibility index (Phi) is 3.34. The van der Waals surface area contributed by atoms with Gasteiger partial charge in [-0.15, -0.1) is 5.10 Å². The van der Waals surface area contributed by atoms with Crippen molar-refractivity contribution in [1.29, 1.82) is 0 Å². The van der Waals surface area contributed by atoms with Gasteiger partial charge in [-0.05, 0) is 24.3 Å². The predicted octanol–water partition coefficient (Wildman–Crippen LogP) is 2.29. The van der Waals surface area contributed by atoms with Gasteiger partial charge < -0.3 is 11.1 Å². The smallest absolute Gasteiger partial charge is 0.281 e. The standard InChI is InChI=1S/C15H13N5O/c16-14-18-15(17-12-9-5-2-6-10-12)19-20(14)13(21)11-7-3-1-4-8-11/h1-10H,(H3,16,17,18,19). The SMILES string of the molecule is Nc1nc(Nc2ccccc2)nn1C(=O)c1ccccc1. The largest absolute Gasteiger partial charge is 0.368 e. The molecule has 0 aliphatic rings. The summed E-state index contributed by atoms with van der Waals surface area (Å²) in [7, 11) is 0. The first-order valence-corrected chi connectivity index (χ1v) is 6.38. The summed E-state index contributed by atoms with van der Waals surface area (Å²) in [5.41, 5.74) is 7.08. The number of rotatable bonds is 3. The number of aromatic nitrogens is 3. The van der Waals surface area contributed by atoms with Crippen molar-refractivity contribution in [1.82, 2.24) is 14.8 Å². The number of nitrogen functional groups attached to an aromatic ring is 1. The Morgan fingerprint density at radius 2 is 1.62 bits per heavy atom. The molecular weight excluding hydrogens is 266 g/mol. The number of nitrogens with two attached hydrogens (primary N) is 1. The summed E-state index contributed by atoms with van der Waals surface area (Å²) in [6, 6.07) is 18.2. The van der Waals surface area contributed by atoms with Gasteiger partial charge in [-0.3, -0.25) is 4.79 Å². The molecule has 3 rings (SSSR count). The summed E-state index contributed by atoms with van der Waals surface area (Å²) >= 11 is 0. The van der Waals surface area contributed by atoms with Crippen LogP contribution in [-0.2, 0) is 0 Å². The van der Waals surface area contributed by atoms with Crippen LogP contribution >= 0.6 is 0 Å². The fourth-order valence-electron chi connectivity index (χ4n) is 1.88. The molecule has 0 bridgehead atoms. The Bertz CT molecular complexity index is 752. The Hall–Kier alpha value is -3.15. The molecule has 0 aliphatic heterocycles. The number of carbonyl (C=O) groups is 1. The lowest BCUT2D eigenvalue weighted by molar-refractivity contribution is 0.0948. The highest BCUT2D eigenvalue weighted by atomic mass is 16.2. The number of benzene rings is 2. The molecule has 0 amide bonds. The molecular formula is C15H13N5O. The first-order chi connectivity index (χ1) is 10.2. The molecule has 3 aromatic rings. The van der Waals surface area contributed by atoms with Gasteiger partial charge >= 0.3 is 0 Å². The van der Waals surface area contributed by atoms with E-state index in [-0.39, 0.29) is 17.8 Å². The fraction of sp³-hybridized carbons (Fsp3) is 0. The molecule has 6 heteroatoms. The van der Waals surface area contributed by atoms with Crippen LogP contribution in [0, 0.1) is 0 Å². The quantitative estimate of drug-likeness (QED) is 0.768. The molecule has 0 saturated carbocycles. The highest BCUT2D eigenvalue weighted by Crippen LogP contribution is 2.14. The number of hydrogen-bond acceptors (Lipinski definition) is 5. The van der Waals surface area contributed by atoms with Crippen molar-refractivity contribution in [3.63, 3.8) is 0 Å². The summed E-state index contributed by atoms with van der Waals surface area (Å²) in [6.45, 7) is 0. The normalized spacial score (nSPS) is 10.3. The van der Waals surface area contributed by atoms with Crippen molar-refractivity contribution in [2.24, 2.45) is 0 Å². The average Bonchev–Trinajstić information content (AvgIpc) is 2.89. The van der Waals surface area contributed by atoms with E-state index in [0.717, 1.165) is 10.4 Å². The van der Waals surface area contributed by atoms with Crippen LogP contribution in [0.1, 0.15) is 10.4 Å². The van der Waals surface area contributed by atoms with Gasteiger partial charge in [0.2, 0.25) is 11.9 Å². The van der Waals surface area contributed by atoms with Crippen LogP contribution < -0.4 is 11.1 Å². The predicted molar refractivity (Wildman–Crippen MR) is 80.3 cm³/mol. The van der Waals surface area contributed by atoms with Crippen LogP contribution in [0.3, 0.4) is 0 Å². The molecule has 6 nitrogen and oxygen atoms in total. The minimum Gasteiger partial charge on any atom is -0.368 e. The summed E-state index contributed by atoms with van der Waals surface area (Å²) in [5, 5.41) is 7.10. The highest BCUT2D eigenvalue weighted by Gasteiger charge is 2.15. The Balaban J connectivity index is 1.86. The van der Waals surface area contributed by atoms with Crippen LogP contribution in [-0.4, -0.2) is 20.7 Å². The van der Waals surface area contributed by atoms with Crippen LogP contribution in [0.5, 0.6) is 0 Å².